The Morgan fingerprint density at radius 3 is 2.57 bits per heavy atom. The van der Waals surface area contributed by atoms with Gasteiger partial charge in [0.25, 0.3) is 0 Å². The lowest BCUT2D eigenvalue weighted by Gasteiger charge is -2.59. The predicted molar refractivity (Wildman–Crippen MR) is 114 cm³/mol. The Morgan fingerprint density at radius 2 is 1.82 bits per heavy atom. The first-order valence-electron chi connectivity index (χ1n) is 11.4. The van der Waals surface area contributed by atoms with Gasteiger partial charge >= 0.3 is 0 Å². The lowest BCUT2D eigenvalue weighted by molar-refractivity contribution is -0.0429. The molecule has 4 aliphatic rings. The molecule has 1 N–H and O–H groups in total. The fourth-order valence-corrected chi connectivity index (χ4v) is 7.95. The van der Waals surface area contributed by atoms with Crippen molar-refractivity contribution in [3.8, 4) is 0 Å². The van der Waals surface area contributed by atoms with Gasteiger partial charge in [0.2, 0.25) is 0 Å². The molecule has 0 radical (unpaired) electrons. The number of allylic oxidation sites excluding steroid dienone is 3. The van der Waals surface area contributed by atoms with Crippen molar-refractivity contribution in [3.63, 3.8) is 0 Å². The van der Waals surface area contributed by atoms with Gasteiger partial charge < -0.3 is 5.11 Å². The van der Waals surface area contributed by atoms with E-state index in [2.05, 4.69) is 45.9 Å². The largest absolute Gasteiger partial charge is 0.393 e. The monoisotopic (exact) mass is 377 g/mol. The fourth-order valence-electron chi connectivity index (χ4n) is 7.95. The smallest absolute Gasteiger partial charge is 0.0666 e. The Labute approximate surface area is 170 Å². The Morgan fingerprint density at radius 1 is 1.04 bits per heavy atom. The summed E-state index contributed by atoms with van der Waals surface area (Å²) in [6, 6.07) is 6.38. The van der Waals surface area contributed by atoms with E-state index in [9.17, 15) is 5.11 Å². The topological polar surface area (TPSA) is 33.1 Å². The number of aromatic nitrogens is 1. The fraction of sp³-hybridized carbons (Fsp3) is 0.654. The van der Waals surface area contributed by atoms with Crippen molar-refractivity contribution in [3.05, 3.63) is 47.3 Å². The van der Waals surface area contributed by atoms with Crippen molar-refractivity contribution in [1.82, 2.24) is 4.98 Å². The van der Waals surface area contributed by atoms with Crippen molar-refractivity contribution < 1.29 is 5.11 Å². The third-order valence-electron chi connectivity index (χ3n) is 9.24. The minimum absolute atomic E-state index is 0.122. The summed E-state index contributed by atoms with van der Waals surface area (Å²) in [5, 5.41) is 10.3. The van der Waals surface area contributed by atoms with Crippen LogP contribution in [0.2, 0.25) is 0 Å². The van der Waals surface area contributed by atoms with Crippen molar-refractivity contribution in [1.29, 1.82) is 0 Å². The summed E-state index contributed by atoms with van der Waals surface area (Å²) < 4.78 is 0. The van der Waals surface area contributed by atoms with Crippen molar-refractivity contribution in [2.45, 2.75) is 72.3 Å². The molecule has 4 aliphatic carbocycles. The summed E-state index contributed by atoms with van der Waals surface area (Å²) in [4.78, 5) is 4.76. The zero-order valence-corrected chi connectivity index (χ0v) is 17.9. The average Bonchev–Trinajstić information content (AvgIpc) is 2.94. The first kappa shape index (κ1) is 18.6. The number of aliphatic hydroxyl groups excluding tert-OH is 1. The Kier molecular flexibility index (Phi) is 4.18. The number of hydrogen-bond donors (Lipinski definition) is 1. The maximum Gasteiger partial charge on any atom is 0.0666 e. The Bertz CT molecular complexity index is 839. The highest BCUT2D eigenvalue weighted by Crippen LogP contribution is 2.68. The summed E-state index contributed by atoms with van der Waals surface area (Å²) >= 11 is 0. The van der Waals surface area contributed by atoms with Crippen molar-refractivity contribution >= 4 is 5.57 Å². The highest BCUT2D eigenvalue weighted by molar-refractivity contribution is 5.73. The normalized spacial score (nSPS) is 45.2. The molecule has 0 aliphatic heterocycles. The molecule has 0 spiro atoms. The van der Waals surface area contributed by atoms with Gasteiger partial charge in [-0.1, -0.05) is 44.1 Å². The van der Waals surface area contributed by atoms with Crippen LogP contribution in [0.25, 0.3) is 5.57 Å². The zero-order valence-electron chi connectivity index (χ0n) is 17.9. The van der Waals surface area contributed by atoms with Crippen LogP contribution in [-0.4, -0.2) is 16.2 Å². The van der Waals surface area contributed by atoms with E-state index in [-0.39, 0.29) is 11.5 Å². The molecule has 1 aromatic rings. The molecule has 0 saturated heterocycles. The van der Waals surface area contributed by atoms with E-state index in [0.29, 0.717) is 11.3 Å². The molecule has 0 unspecified atom stereocenters. The minimum Gasteiger partial charge on any atom is -0.393 e. The number of fused-ring (bicyclic) bond motifs is 5. The third-order valence-corrected chi connectivity index (χ3v) is 9.24. The van der Waals surface area contributed by atoms with Crippen LogP contribution in [0.1, 0.15) is 71.9 Å². The number of hydrogen-bond acceptors (Lipinski definition) is 2. The van der Waals surface area contributed by atoms with E-state index >= 15 is 0 Å². The summed E-state index contributed by atoms with van der Waals surface area (Å²) in [7, 11) is 0. The number of pyridine rings is 1. The quantitative estimate of drug-likeness (QED) is 0.606. The van der Waals surface area contributed by atoms with E-state index in [0.717, 1.165) is 37.0 Å². The van der Waals surface area contributed by atoms with E-state index in [1.165, 1.54) is 25.0 Å². The minimum atomic E-state index is -0.122. The molecule has 0 aromatic carbocycles. The maximum absolute atomic E-state index is 10.3. The summed E-state index contributed by atoms with van der Waals surface area (Å²) in [6.45, 7) is 9.86. The first-order valence-corrected chi connectivity index (χ1v) is 11.4. The van der Waals surface area contributed by atoms with Gasteiger partial charge in [-0.15, -0.1) is 0 Å². The SMILES string of the molecule is CC1=C(c2ccccn2)[C@@]2(C)CC[C@H]3[C@@H]([C@@H](C)C=C4C[C@@H](O)CC[C@@]43C)[C@@H]2C1. The standard InChI is InChI=1S/C26H35NO/c1-16-13-18-15-19(28)8-10-25(18,3)20-9-11-26(4)21(23(16)20)14-17(2)24(26)22-7-5-6-12-27-22/h5-7,12-13,16,19-21,23,28H,8-11,14-15H2,1-4H3/t16-,19-,20-,21-,23+,25-,26-/m0/s1. The van der Waals surface area contributed by atoms with Crippen LogP contribution < -0.4 is 0 Å². The number of rotatable bonds is 1. The molecule has 28 heavy (non-hydrogen) atoms. The highest BCUT2D eigenvalue weighted by Gasteiger charge is 2.59. The lowest BCUT2D eigenvalue weighted by atomic mass is 9.45. The molecule has 150 valence electrons. The first-order chi connectivity index (χ1) is 13.3. The molecule has 2 saturated carbocycles. The molecule has 7 atom stereocenters. The van der Waals surface area contributed by atoms with Gasteiger partial charge in [0.05, 0.1) is 11.8 Å². The molecule has 2 heteroatoms. The van der Waals surface area contributed by atoms with Gasteiger partial charge in [-0.3, -0.25) is 4.98 Å². The van der Waals surface area contributed by atoms with Crippen molar-refractivity contribution in [2.75, 3.05) is 0 Å². The van der Waals surface area contributed by atoms with Crippen LogP contribution in [-0.2, 0) is 0 Å². The molecule has 5 rings (SSSR count). The average molecular weight is 378 g/mol. The molecule has 0 bridgehead atoms. The van der Waals surface area contributed by atoms with Crippen LogP contribution in [0.15, 0.2) is 41.6 Å². The zero-order chi connectivity index (χ0) is 19.7. The summed E-state index contributed by atoms with van der Waals surface area (Å²) in [5.74, 6) is 2.85. The lowest BCUT2D eigenvalue weighted by Crippen LogP contribution is -2.52. The molecule has 2 fully saturated rings. The second-order valence-corrected chi connectivity index (χ2v) is 10.7. The van der Waals surface area contributed by atoms with E-state index in [1.54, 1.807) is 16.7 Å². The van der Waals surface area contributed by atoms with Crippen LogP contribution >= 0.6 is 0 Å². The van der Waals surface area contributed by atoms with Crippen LogP contribution in [0.4, 0.5) is 0 Å². The number of nitrogens with zero attached hydrogens (tertiary/aromatic N) is 1. The van der Waals surface area contributed by atoms with E-state index in [1.807, 2.05) is 12.3 Å². The van der Waals surface area contributed by atoms with E-state index in [4.69, 9.17) is 4.98 Å². The third kappa shape index (κ3) is 2.46. The van der Waals surface area contributed by atoms with Gasteiger partial charge in [-0.25, -0.2) is 0 Å². The number of aliphatic hydroxyl groups is 1. The molecular formula is C26H35NO. The van der Waals surface area contributed by atoms with Gasteiger partial charge in [0.1, 0.15) is 0 Å². The second kappa shape index (κ2) is 6.29. The van der Waals surface area contributed by atoms with Gasteiger partial charge in [0, 0.05) is 6.20 Å². The summed E-state index contributed by atoms with van der Waals surface area (Å²) in [6.07, 6.45) is 11.3. The van der Waals surface area contributed by atoms with Crippen LogP contribution in [0.3, 0.4) is 0 Å². The van der Waals surface area contributed by atoms with Crippen LogP contribution in [0.5, 0.6) is 0 Å². The highest BCUT2D eigenvalue weighted by atomic mass is 16.3. The van der Waals surface area contributed by atoms with Gasteiger partial charge in [-0.2, -0.15) is 0 Å². The molecule has 0 amide bonds. The van der Waals surface area contributed by atoms with Crippen LogP contribution in [0, 0.1) is 34.5 Å². The molecule has 1 aromatic heterocycles. The second-order valence-electron chi connectivity index (χ2n) is 10.7. The van der Waals surface area contributed by atoms with E-state index < -0.39 is 0 Å². The Balaban J connectivity index is 1.55. The molecule has 2 nitrogen and oxygen atoms in total. The Hall–Kier alpha value is -1.41. The summed E-state index contributed by atoms with van der Waals surface area (Å²) in [5.41, 5.74) is 6.44. The predicted octanol–water partition coefficient (Wildman–Crippen LogP) is 6.03. The van der Waals surface area contributed by atoms with Crippen molar-refractivity contribution in [2.24, 2.45) is 34.5 Å². The molecule has 1 heterocycles. The maximum atomic E-state index is 10.3. The van der Waals surface area contributed by atoms with Gasteiger partial charge in [0.15, 0.2) is 0 Å². The molecular weight excluding hydrogens is 342 g/mol. The van der Waals surface area contributed by atoms with Gasteiger partial charge in [-0.05, 0) is 97.7 Å².